The summed E-state index contributed by atoms with van der Waals surface area (Å²) in [5, 5.41) is 2.30. The molecule has 32 heavy (non-hydrogen) atoms. The Kier molecular flexibility index (Phi) is 7.83. The molecule has 168 valence electrons. The highest BCUT2D eigenvalue weighted by atomic mass is 32.1. The predicted octanol–water partition coefficient (Wildman–Crippen LogP) is 4.91. The summed E-state index contributed by atoms with van der Waals surface area (Å²) in [6, 6.07) is 14.7. The highest BCUT2D eigenvalue weighted by Crippen LogP contribution is 2.29. The lowest BCUT2D eigenvalue weighted by Gasteiger charge is -2.18. The first-order chi connectivity index (χ1) is 15.4. The van der Waals surface area contributed by atoms with Gasteiger partial charge in [-0.3, -0.25) is 9.69 Å². The van der Waals surface area contributed by atoms with Crippen molar-refractivity contribution in [2.45, 2.75) is 39.9 Å². The zero-order valence-electron chi connectivity index (χ0n) is 18.5. The van der Waals surface area contributed by atoms with Crippen LogP contribution in [0.2, 0.25) is 0 Å². The van der Waals surface area contributed by atoms with Gasteiger partial charge in [-0.05, 0) is 55.3 Å². The van der Waals surface area contributed by atoms with Gasteiger partial charge in [-0.1, -0.05) is 19.1 Å². The van der Waals surface area contributed by atoms with E-state index in [1.807, 2.05) is 24.3 Å². The van der Waals surface area contributed by atoms with Crippen LogP contribution in [0.1, 0.15) is 32.0 Å². The number of carbonyl (C=O) groups is 2. The van der Waals surface area contributed by atoms with Gasteiger partial charge >= 0.3 is 5.97 Å². The van der Waals surface area contributed by atoms with Gasteiger partial charge in [-0.25, -0.2) is 9.78 Å². The number of aromatic nitrogens is 1. The summed E-state index contributed by atoms with van der Waals surface area (Å²) >= 11 is 1.32. The van der Waals surface area contributed by atoms with Gasteiger partial charge in [0.25, 0.3) is 0 Å². The van der Waals surface area contributed by atoms with Gasteiger partial charge in [0, 0.05) is 12.3 Å². The molecule has 2 aromatic carbocycles. The van der Waals surface area contributed by atoms with Crippen molar-refractivity contribution < 1.29 is 23.8 Å². The second-order valence-corrected chi connectivity index (χ2v) is 7.88. The number of ether oxygens (including phenoxy) is 3. The molecule has 0 saturated heterocycles. The van der Waals surface area contributed by atoms with Crippen LogP contribution in [-0.4, -0.2) is 30.1 Å². The number of rotatable bonds is 9. The van der Waals surface area contributed by atoms with Crippen molar-refractivity contribution in [3.63, 3.8) is 0 Å². The number of carbonyl (C=O) groups excluding carboxylic acids is 2. The molecule has 0 aliphatic heterocycles. The van der Waals surface area contributed by atoms with E-state index in [9.17, 15) is 9.59 Å². The highest BCUT2D eigenvalue weighted by molar-refractivity contribution is 7.14. The smallest absolute Gasteiger partial charge is 0.347 e. The molecule has 0 saturated carbocycles. The molecule has 1 amide bonds. The molecule has 3 rings (SSSR count). The van der Waals surface area contributed by atoms with E-state index >= 15 is 0 Å². The number of anilines is 2. The number of esters is 1. The maximum Gasteiger partial charge on any atom is 0.347 e. The molecule has 0 spiro atoms. The zero-order valence-corrected chi connectivity index (χ0v) is 19.3. The summed E-state index contributed by atoms with van der Waals surface area (Å²) < 4.78 is 16.1. The van der Waals surface area contributed by atoms with Crippen LogP contribution in [-0.2, 0) is 27.4 Å². The van der Waals surface area contributed by atoms with E-state index in [1.165, 1.54) is 23.8 Å². The Morgan fingerprint density at radius 1 is 1.06 bits per heavy atom. The van der Waals surface area contributed by atoms with Crippen molar-refractivity contribution in [3.05, 3.63) is 65.2 Å². The Morgan fingerprint density at radius 3 is 2.31 bits per heavy atom. The number of methoxy groups -OCH3 is 1. The minimum absolute atomic E-state index is 0.00777. The summed E-state index contributed by atoms with van der Waals surface area (Å²) in [6.45, 7) is 5.19. The molecule has 0 radical (unpaired) electrons. The van der Waals surface area contributed by atoms with Crippen LogP contribution in [0.5, 0.6) is 11.5 Å². The number of thiazole rings is 1. The summed E-state index contributed by atoms with van der Waals surface area (Å²) in [6.07, 6.45) is 0.139. The van der Waals surface area contributed by atoms with Crippen LogP contribution in [0, 0.1) is 0 Å². The fraction of sp³-hybridized carbons (Fsp3) is 0.292. The van der Waals surface area contributed by atoms with Gasteiger partial charge in [0.1, 0.15) is 18.1 Å². The molecule has 1 aromatic heterocycles. The van der Waals surface area contributed by atoms with Gasteiger partial charge in [0.15, 0.2) is 11.2 Å². The number of hydrogen-bond acceptors (Lipinski definition) is 7. The van der Waals surface area contributed by atoms with Crippen LogP contribution in [0.15, 0.2) is 53.9 Å². The quantitative estimate of drug-likeness (QED) is 0.428. The van der Waals surface area contributed by atoms with Crippen molar-refractivity contribution in [2.24, 2.45) is 0 Å². The Bertz CT molecular complexity index is 1050. The van der Waals surface area contributed by atoms with Gasteiger partial charge in [-0.2, -0.15) is 0 Å². The standard InChI is InChI=1S/C24H26N2O5S/c1-5-18-6-8-20(9-7-18)26(17(3)27)24-25-19(15-32-24)14-30-23(28)16(2)31-22-12-10-21(29-4)11-13-22/h6-13,15-16H,5,14H2,1-4H3. The lowest BCUT2D eigenvalue weighted by Crippen LogP contribution is -2.26. The number of amides is 1. The minimum Gasteiger partial charge on any atom is -0.497 e. The molecular formula is C24H26N2O5S. The van der Waals surface area contributed by atoms with Crippen molar-refractivity contribution >= 4 is 34.0 Å². The fourth-order valence-corrected chi connectivity index (χ4v) is 3.81. The van der Waals surface area contributed by atoms with E-state index in [4.69, 9.17) is 14.2 Å². The second-order valence-electron chi connectivity index (χ2n) is 7.04. The van der Waals surface area contributed by atoms with E-state index in [0.29, 0.717) is 22.3 Å². The van der Waals surface area contributed by atoms with Gasteiger partial charge in [0.2, 0.25) is 5.91 Å². The normalized spacial score (nSPS) is 11.5. The van der Waals surface area contributed by atoms with E-state index in [0.717, 1.165) is 12.1 Å². The SMILES string of the molecule is CCc1ccc(N(C(C)=O)c2nc(COC(=O)C(C)Oc3ccc(OC)cc3)cs2)cc1. The van der Waals surface area contributed by atoms with Crippen LogP contribution in [0.4, 0.5) is 10.8 Å². The van der Waals surface area contributed by atoms with Gasteiger partial charge in [-0.15, -0.1) is 11.3 Å². The number of benzene rings is 2. The van der Waals surface area contributed by atoms with Gasteiger partial charge < -0.3 is 14.2 Å². The maximum absolute atomic E-state index is 12.3. The zero-order chi connectivity index (χ0) is 23.1. The Morgan fingerprint density at radius 2 is 1.72 bits per heavy atom. The summed E-state index contributed by atoms with van der Waals surface area (Å²) in [5.74, 6) is 0.591. The lowest BCUT2D eigenvalue weighted by molar-refractivity contribution is -0.152. The molecular weight excluding hydrogens is 428 g/mol. The van der Waals surface area contributed by atoms with E-state index in [2.05, 4.69) is 11.9 Å². The van der Waals surface area contributed by atoms with E-state index < -0.39 is 12.1 Å². The molecule has 0 bridgehead atoms. The minimum atomic E-state index is -0.785. The van der Waals surface area contributed by atoms with Crippen molar-refractivity contribution in [1.29, 1.82) is 0 Å². The van der Waals surface area contributed by atoms with Crippen molar-refractivity contribution in [2.75, 3.05) is 12.0 Å². The van der Waals surface area contributed by atoms with Crippen LogP contribution < -0.4 is 14.4 Å². The molecule has 0 fully saturated rings. The Balaban J connectivity index is 1.60. The monoisotopic (exact) mass is 454 g/mol. The molecule has 8 heteroatoms. The molecule has 7 nitrogen and oxygen atoms in total. The highest BCUT2D eigenvalue weighted by Gasteiger charge is 2.20. The first-order valence-corrected chi connectivity index (χ1v) is 11.1. The topological polar surface area (TPSA) is 78.0 Å². The summed E-state index contributed by atoms with van der Waals surface area (Å²) in [4.78, 5) is 30.6. The van der Waals surface area contributed by atoms with Gasteiger partial charge in [0.05, 0.1) is 18.5 Å². The molecule has 3 aromatic rings. The number of hydrogen-bond donors (Lipinski definition) is 0. The molecule has 0 aliphatic rings. The Hall–Kier alpha value is -3.39. The number of aryl methyl sites for hydroxylation is 1. The third-order valence-electron chi connectivity index (χ3n) is 4.72. The summed E-state index contributed by atoms with van der Waals surface area (Å²) in [7, 11) is 1.58. The third kappa shape index (κ3) is 5.85. The first-order valence-electron chi connectivity index (χ1n) is 10.2. The Labute approximate surface area is 191 Å². The van der Waals surface area contributed by atoms with Crippen LogP contribution in [0.3, 0.4) is 0 Å². The molecule has 1 unspecified atom stereocenters. The van der Waals surface area contributed by atoms with Crippen molar-refractivity contribution in [3.8, 4) is 11.5 Å². The average Bonchev–Trinajstić information content (AvgIpc) is 3.26. The summed E-state index contributed by atoms with van der Waals surface area (Å²) in [5.41, 5.74) is 2.50. The molecule has 1 atom stereocenters. The largest absolute Gasteiger partial charge is 0.497 e. The molecule has 0 aliphatic carbocycles. The number of nitrogens with zero attached hydrogens (tertiary/aromatic N) is 2. The van der Waals surface area contributed by atoms with Crippen LogP contribution in [0.25, 0.3) is 0 Å². The predicted molar refractivity (Wildman–Crippen MR) is 124 cm³/mol. The molecule has 0 N–H and O–H groups in total. The van der Waals surface area contributed by atoms with E-state index in [1.54, 1.807) is 48.6 Å². The van der Waals surface area contributed by atoms with Crippen molar-refractivity contribution in [1.82, 2.24) is 4.98 Å². The fourth-order valence-electron chi connectivity index (χ4n) is 2.94. The lowest BCUT2D eigenvalue weighted by atomic mass is 10.1. The molecule has 1 heterocycles. The second kappa shape index (κ2) is 10.8. The van der Waals surface area contributed by atoms with Crippen LogP contribution >= 0.6 is 11.3 Å². The first kappa shape index (κ1) is 23.3. The third-order valence-corrected chi connectivity index (χ3v) is 5.59. The maximum atomic E-state index is 12.3. The van der Waals surface area contributed by atoms with E-state index in [-0.39, 0.29) is 12.5 Å². The average molecular weight is 455 g/mol.